The lowest BCUT2D eigenvalue weighted by atomic mass is 10.1. The molecule has 5 heteroatoms. The van der Waals surface area contributed by atoms with E-state index in [1.807, 2.05) is 25.3 Å². The van der Waals surface area contributed by atoms with Gasteiger partial charge in [-0.2, -0.15) is 0 Å². The van der Waals surface area contributed by atoms with Gasteiger partial charge in [-0.15, -0.1) is 16.4 Å². The summed E-state index contributed by atoms with van der Waals surface area (Å²) in [5.41, 5.74) is 1.87. The maximum absolute atomic E-state index is 10.2. The van der Waals surface area contributed by atoms with Crippen molar-refractivity contribution in [2.24, 2.45) is 0 Å². The minimum absolute atomic E-state index is 0.564. The molecule has 0 aliphatic heterocycles. The maximum Gasteiger partial charge on any atom is 0.118 e. The SMILES string of the molecule is CCc1nnsc1C(O)c1ccsc1C. The molecular formula is C10H12N2OS2. The van der Waals surface area contributed by atoms with E-state index in [9.17, 15) is 5.11 Å². The average molecular weight is 240 g/mol. The Balaban J connectivity index is 2.36. The summed E-state index contributed by atoms with van der Waals surface area (Å²) in [6.07, 6.45) is 0.248. The van der Waals surface area contributed by atoms with Crippen LogP contribution in [0.25, 0.3) is 0 Å². The van der Waals surface area contributed by atoms with Crippen LogP contribution in [0.5, 0.6) is 0 Å². The molecule has 15 heavy (non-hydrogen) atoms. The topological polar surface area (TPSA) is 46.0 Å². The highest BCUT2D eigenvalue weighted by molar-refractivity contribution is 7.10. The van der Waals surface area contributed by atoms with Gasteiger partial charge in [0.15, 0.2) is 0 Å². The predicted octanol–water partition coefficient (Wildman–Crippen LogP) is 2.55. The molecule has 1 N–H and O–H groups in total. The van der Waals surface area contributed by atoms with Gasteiger partial charge in [0, 0.05) is 4.88 Å². The number of aryl methyl sites for hydroxylation is 2. The Morgan fingerprint density at radius 1 is 1.53 bits per heavy atom. The summed E-state index contributed by atoms with van der Waals surface area (Å²) in [6, 6.07) is 1.96. The molecule has 2 aromatic heterocycles. The Labute approximate surface area is 96.6 Å². The van der Waals surface area contributed by atoms with Gasteiger partial charge >= 0.3 is 0 Å². The van der Waals surface area contributed by atoms with Crippen LogP contribution in [0, 0.1) is 6.92 Å². The highest BCUT2D eigenvalue weighted by atomic mass is 32.1. The third-order valence-electron chi connectivity index (χ3n) is 2.36. The first kappa shape index (κ1) is 10.7. The summed E-state index contributed by atoms with van der Waals surface area (Å²) >= 11 is 2.93. The summed E-state index contributed by atoms with van der Waals surface area (Å²) < 4.78 is 3.89. The molecule has 0 amide bonds. The number of thiophene rings is 1. The van der Waals surface area contributed by atoms with Crippen molar-refractivity contribution in [1.29, 1.82) is 0 Å². The van der Waals surface area contributed by atoms with Crippen molar-refractivity contribution < 1.29 is 5.11 Å². The largest absolute Gasteiger partial charge is 0.383 e. The fourth-order valence-corrected chi connectivity index (χ4v) is 2.97. The average Bonchev–Trinajstić information content (AvgIpc) is 2.84. The molecular weight excluding hydrogens is 228 g/mol. The molecule has 0 spiro atoms. The Bertz CT molecular complexity index is 450. The molecule has 0 fully saturated rings. The van der Waals surface area contributed by atoms with E-state index < -0.39 is 6.10 Å². The molecule has 0 aliphatic rings. The molecule has 3 nitrogen and oxygen atoms in total. The van der Waals surface area contributed by atoms with E-state index in [1.165, 1.54) is 11.5 Å². The van der Waals surface area contributed by atoms with Gasteiger partial charge in [0.25, 0.3) is 0 Å². The fourth-order valence-electron chi connectivity index (χ4n) is 1.49. The molecule has 0 bridgehead atoms. The van der Waals surface area contributed by atoms with Gasteiger partial charge in [-0.3, -0.25) is 0 Å². The lowest BCUT2D eigenvalue weighted by molar-refractivity contribution is 0.222. The number of hydrogen-bond donors (Lipinski definition) is 1. The van der Waals surface area contributed by atoms with Gasteiger partial charge in [0.1, 0.15) is 6.10 Å². The van der Waals surface area contributed by atoms with Crippen molar-refractivity contribution in [3.05, 3.63) is 32.5 Å². The summed E-state index contributed by atoms with van der Waals surface area (Å²) in [5, 5.41) is 16.2. The highest BCUT2D eigenvalue weighted by Crippen LogP contribution is 2.31. The van der Waals surface area contributed by atoms with E-state index in [2.05, 4.69) is 9.59 Å². The molecule has 2 aromatic rings. The van der Waals surface area contributed by atoms with Crippen LogP contribution in [0.4, 0.5) is 0 Å². The standard InChI is InChI=1S/C10H12N2OS2/c1-3-8-10(15-12-11-8)9(13)7-4-5-14-6(7)2/h4-5,9,13H,3H2,1-2H3. The van der Waals surface area contributed by atoms with E-state index >= 15 is 0 Å². The van der Waals surface area contributed by atoms with Crippen molar-refractivity contribution >= 4 is 22.9 Å². The predicted molar refractivity (Wildman–Crippen MR) is 62.4 cm³/mol. The van der Waals surface area contributed by atoms with Crippen LogP contribution < -0.4 is 0 Å². The summed E-state index contributed by atoms with van der Waals surface area (Å²) in [7, 11) is 0. The maximum atomic E-state index is 10.2. The molecule has 1 atom stereocenters. The first-order valence-corrected chi connectivity index (χ1v) is 6.42. The molecule has 0 radical (unpaired) electrons. The second-order valence-electron chi connectivity index (χ2n) is 3.27. The Hall–Kier alpha value is -0.780. The van der Waals surface area contributed by atoms with Crippen molar-refractivity contribution in [1.82, 2.24) is 9.59 Å². The van der Waals surface area contributed by atoms with Crippen molar-refractivity contribution in [3.8, 4) is 0 Å². The van der Waals surface area contributed by atoms with E-state index in [0.717, 1.165) is 27.4 Å². The summed E-state index contributed by atoms with van der Waals surface area (Å²) in [6.45, 7) is 4.04. The van der Waals surface area contributed by atoms with Crippen molar-refractivity contribution in [2.45, 2.75) is 26.4 Å². The molecule has 2 heterocycles. The number of aromatic nitrogens is 2. The van der Waals surface area contributed by atoms with Gasteiger partial charge in [0.2, 0.25) is 0 Å². The molecule has 0 saturated carbocycles. The highest BCUT2D eigenvalue weighted by Gasteiger charge is 2.19. The van der Waals surface area contributed by atoms with Crippen LogP contribution in [-0.4, -0.2) is 14.7 Å². The van der Waals surface area contributed by atoms with Crippen LogP contribution in [0.3, 0.4) is 0 Å². The third kappa shape index (κ3) is 1.95. The van der Waals surface area contributed by atoms with Gasteiger partial charge in [-0.1, -0.05) is 11.4 Å². The number of aliphatic hydroxyl groups is 1. The number of hydrogen-bond acceptors (Lipinski definition) is 5. The first-order chi connectivity index (χ1) is 7.24. The second-order valence-corrected chi connectivity index (χ2v) is 5.18. The van der Waals surface area contributed by atoms with Gasteiger partial charge in [-0.25, -0.2) is 0 Å². The molecule has 0 saturated heterocycles. The Kier molecular flexibility index (Phi) is 3.14. The Morgan fingerprint density at radius 3 is 2.93 bits per heavy atom. The zero-order chi connectivity index (χ0) is 10.8. The smallest absolute Gasteiger partial charge is 0.118 e. The van der Waals surface area contributed by atoms with Crippen LogP contribution in [0.1, 0.15) is 34.0 Å². The van der Waals surface area contributed by atoms with Crippen LogP contribution in [-0.2, 0) is 6.42 Å². The normalized spacial score (nSPS) is 13.0. The third-order valence-corrected chi connectivity index (χ3v) is 4.04. The van der Waals surface area contributed by atoms with Crippen LogP contribution >= 0.6 is 22.9 Å². The fraction of sp³-hybridized carbons (Fsp3) is 0.400. The van der Waals surface area contributed by atoms with Crippen molar-refractivity contribution in [3.63, 3.8) is 0 Å². The van der Waals surface area contributed by atoms with E-state index in [0.29, 0.717) is 0 Å². The van der Waals surface area contributed by atoms with Crippen LogP contribution in [0.2, 0.25) is 0 Å². The van der Waals surface area contributed by atoms with E-state index in [4.69, 9.17) is 0 Å². The number of aliphatic hydroxyl groups excluding tert-OH is 1. The lowest BCUT2D eigenvalue weighted by Gasteiger charge is -2.08. The lowest BCUT2D eigenvalue weighted by Crippen LogP contribution is -2.00. The summed E-state index contributed by atoms with van der Waals surface area (Å²) in [4.78, 5) is 2.02. The zero-order valence-corrected chi connectivity index (χ0v) is 10.2. The monoisotopic (exact) mass is 240 g/mol. The van der Waals surface area contributed by atoms with Gasteiger partial charge in [-0.05, 0) is 41.9 Å². The van der Waals surface area contributed by atoms with E-state index in [1.54, 1.807) is 11.3 Å². The quantitative estimate of drug-likeness (QED) is 0.896. The Morgan fingerprint density at radius 2 is 2.33 bits per heavy atom. The van der Waals surface area contributed by atoms with Gasteiger partial charge < -0.3 is 5.11 Å². The summed E-state index contributed by atoms with van der Waals surface area (Å²) in [5.74, 6) is 0. The van der Waals surface area contributed by atoms with E-state index in [-0.39, 0.29) is 0 Å². The molecule has 0 aliphatic carbocycles. The minimum atomic E-state index is -0.564. The van der Waals surface area contributed by atoms with Crippen molar-refractivity contribution in [2.75, 3.05) is 0 Å². The van der Waals surface area contributed by atoms with Gasteiger partial charge in [0.05, 0.1) is 10.6 Å². The zero-order valence-electron chi connectivity index (χ0n) is 8.60. The second kappa shape index (κ2) is 4.38. The number of nitrogens with zero attached hydrogens (tertiary/aromatic N) is 2. The molecule has 1 unspecified atom stereocenters. The van der Waals surface area contributed by atoms with Crippen LogP contribution in [0.15, 0.2) is 11.4 Å². The molecule has 80 valence electrons. The minimum Gasteiger partial charge on any atom is -0.383 e. The molecule has 2 rings (SSSR count). The number of rotatable bonds is 3. The first-order valence-electron chi connectivity index (χ1n) is 4.77. The molecule has 0 aromatic carbocycles.